The quantitative estimate of drug-likeness (QED) is 0.518. The standard InChI is InChI=1S/C19H17N5O2S/c1-13-16-11-21-24(14-6-3-2-4-7-14)18(16)19(23-22-13)27-12-17(25)20-10-15-8-5-9-26-15/h2-9,11H,10,12H2,1H3,(H,20,25). The maximum atomic E-state index is 12.2. The lowest BCUT2D eigenvalue weighted by Crippen LogP contribution is -2.24. The van der Waals surface area contributed by atoms with Gasteiger partial charge in [-0.1, -0.05) is 30.0 Å². The molecule has 0 bridgehead atoms. The van der Waals surface area contributed by atoms with Gasteiger partial charge in [0.1, 0.15) is 16.3 Å². The third kappa shape index (κ3) is 3.70. The van der Waals surface area contributed by atoms with E-state index in [0.717, 1.165) is 22.3 Å². The summed E-state index contributed by atoms with van der Waals surface area (Å²) >= 11 is 1.34. The average molecular weight is 379 g/mol. The highest BCUT2D eigenvalue weighted by molar-refractivity contribution is 8.00. The highest BCUT2D eigenvalue weighted by atomic mass is 32.2. The van der Waals surface area contributed by atoms with E-state index in [0.29, 0.717) is 17.3 Å². The number of rotatable bonds is 6. The van der Waals surface area contributed by atoms with E-state index in [4.69, 9.17) is 4.42 Å². The summed E-state index contributed by atoms with van der Waals surface area (Å²) in [6, 6.07) is 13.4. The van der Waals surface area contributed by atoms with Crippen molar-refractivity contribution in [1.82, 2.24) is 25.3 Å². The third-order valence-electron chi connectivity index (χ3n) is 4.03. The Morgan fingerprint density at radius 3 is 2.81 bits per heavy atom. The molecular weight excluding hydrogens is 362 g/mol. The predicted molar refractivity (Wildman–Crippen MR) is 103 cm³/mol. The summed E-state index contributed by atoms with van der Waals surface area (Å²) in [7, 11) is 0. The first-order valence-electron chi connectivity index (χ1n) is 8.40. The molecule has 4 rings (SSSR count). The van der Waals surface area contributed by atoms with Crippen LogP contribution in [0.15, 0.2) is 64.4 Å². The first kappa shape index (κ1) is 17.3. The van der Waals surface area contributed by atoms with Gasteiger partial charge in [0, 0.05) is 5.39 Å². The summed E-state index contributed by atoms with van der Waals surface area (Å²) in [5.41, 5.74) is 2.60. The molecule has 0 spiro atoms. The zero-order valence-corrected chi connectivity index (χ0v) is 15.4. The molecule has 0 unspecified atom stereocenters. The number of hydrogen-bond acceptors (Lipinski definition) is 6. The molecule has 1 aromatic carbocycles. The van der Waals surface area contributed by atoms with Crippen molar-refractivity contribution < 1.29 is 9.21 Å². The SMILES string of the molecule is Cc1nnc(SCC(=O)NCc2ccco2)c2c1cnn2-c1ccccc1. The van der Waals surface area contributed by atoms with Gasteiger partial charge >= 0.3 is 0 Å². The maximum absolute atomic E-state index is 12.2. The molecule has 0 atom stereocenters. The Balaban J connectivity index is 1.55. The minimum absolute atomic E-state index is 0.0994. The molecule has 136 valence electrons. The summed E-state index contributed by atoms with van der Waals surface area (Å²) in [5, 5.41) is 17.4. The number of benzene rings is 1. The second-order valence-electron chi connectivity index (χ2n) is 5.89. The Labute approximate surface area is 159 Å². The monoisotopic (exact) mass is 379 g/mol. The second kappa shape index (κ2) is 7.63. The average Bonchev–Trinajstić information content (AvgIpc) is 3.37. The smallest absolute Gasteiger partial charge is 0.230 e. The molecule has 0 aliphatic carbocycles. The van der Waals surface area contributed by atoms with Crippen molar-refractivity contribution in [3.63, 3.8) is 0 Å². The number of amides is 1. The van der Waals surface area contributed by atoms with E-state index in [-0.39, 0.29) is 11.7 Å². The van der Waals surface area contributed by atoms with Gasteiger partial charge in [-0.15, -0.1) is 5.10 Å². The number of carbonyl (C=O) groups excluding carboxylic acids is 1. The number of aromatic nitrogens is 4. The van der Waals surface area contributed by atoms with Crippen LogP contribution in [0.5, 0.6) is 0 Å². The van der Waals surface area contributed by atoms with Gasteiger partial charge in [-0.2, -0.15) is 10.2 Å². The van der Waals surface area contributed by atoms with Crippen LogP contribution in [0, 0.1) is 6.92 Å². The zero-order valence-electron chi connectivity index (χ0n) is 14.6. The Morgan fingerprint density at radius 2 is 2.04 bits per heavy atom. The highest BCUT2D eigenvalue weighted by Gasteiger charge is 2.16. The van der Waals surface area contributed by atoms with Crippen LogP contribution in [0.25, 0.3) is 16.6 Å². The number of nitrogens with zero attached hydrogens (tertiary/aromatic N) is 4. The molecule has 1 amide bonds. The molecule has 0 radical (unpaired) electrons. The summed E-state index contributed by atoms with van der Waals surface area (Å²) in [4.78, 5) is 12.2. The van der Waals surface area contributed by atoms with Crippen molar-refractivity contribution >= 4 is 28.6 Å². The zero-order chi connectivity index (χ0) is 18.6. The lowest BCUT2D eigenvalue weighted by molar-refractivity contribution is -0.118. The molecular formula is C19H17N5O2S. The fraction of sp³-hybridized carbons (Fsp3) is 0.158. The van der Waals surface area contributed by atoms with Gasteiger partial charge in [0.15, 0.2) is 0 Å². The molecule has 4 aromatic rings. The molecule has 0 aliphatic rings. The number of thioether (sulfide) groups is 1. The van der Waals surface area contributed by atoms with Crippen molar-refractivity contribution in [3.8, 4) is 5.69 Å². The first-order chi connectivity index (χ1) is 13.2. The lowest BCUT2D eigenvalue weighted by Gasteiger charge is -2.08. The van der Waals surface area contributed by atoms with Crippen molar-refractivity contribution in [2.75, 3.05) is 5.75 Å². The molecule has 0 aliphatic heterocycles. The van der Waals surface area contributed by atoms with E-state index in [9.17, 15) is 4.79 Å². The molecule has 3 heterocycles. The fourth-order valence-corrected chi connectivity index (χ4v) is 3.49. The topological polar surface area (TPSA) is 85.8 Å². The summed E-state index contributed by atoms with van der Waals surface area (Å²) < 4.78 is 7.05. The Bertz CT molecular complexity index is 1060. The minimum atomic E-state index is -0.0994. The summed E-state index contributed by atoms with van der Waals surface area (Å²) in [6.07, 6.45) is 3.37. The second-order valence-corrected chi connectivity index (χ2v) is 6.85. The van der Waals surface area contributed by atoms with Crippen LogP contribution < -0.4 is 5.32 Å². The van der Waals surface area contributed by atoms with Crippen molar-refractivity contribution in [2.45, 2.75) is 18.5 Å². The van der Waals surface area contributed by atoms with Gasteiger partial charge in [0.05, 0.1) is 36.1 Å². The Morgan fingerprint density at radius 1 is 1.19 bits per heavy atom. The maximum Gasteiger partial charge on any atom is 0.230 e. The number of nitrogens with one attached hydrogen (secondary N) is 1. The van der Waals surface area contributed by atoms with Crippen LogP contribution >= 0.6 is 11.8 Å². The first-order valence-corrected chi connectivity index (χ1v) is 9.39. The Kier molecular flexibility index (Phi) is 4.88. The molecule has 27 heavy (non-hydrogen) atoms. The largest absolute Gasteiger partial charge is 0.467 e. The fourth-order valence-electron chi connectivity index (χ4n) is 2.69. The molecule has 0 saturated heterocycles. The summed E-state index contributed by atoms with van der Waals surface area (Å²) in [6.45, 7) is 2.26. The number of fused-ring (bicyclic) bond motifs is 1. The van der Waals surface area contributed by atoms with Gasteiger partial charge in [-0.25, -0.2) is 4.68 Å². The van der Waals surface area contributed by atoms with Gasteiger partial charge in [0.25, 0.3) is 0 Å². The van der Waals surface area contributed by atoms with Crippen LogP contribution in [0.3, 0.4) is 0 Å². The minimum Gasteiger partial charge on any atom is -0.467 e. The van der Waals surface area contributed by atoms with Gasteiger partial charge < -0.3 is 9.73 Å². The number of aryl methyl sites for hydroxylation is 1. The normalized spacial score (nSPS) is 11.0. The highest BCUT2D eigenvalue weighted by Crippen LogP contribution is 2.28. The van der Waals surface area contributed by atoms with Crippen LogP contribution in [-0.4, -0.2) is 31.6 Å². The number of furan rings is 1. The third-order valence-corrected chi connectivity index (χ3v) is 4.99. The summed E-state index contributed by atoms with van der Waals surface area (Å²) in [5.74, 6) is 0.846. The van der Waals surface area contributed by atoms with Gasteiger partial charge in [-0.05, 0) is 31.2 Å². The van der Waals surface area contributed by atoms with E-state index in [1.165, 1.54) is 11.8 Å². The van der Waals surface area contributed by atoms with Gasteiger partial charge in [0.2, 0.25) is 5.91 Å². The molecule has 0 fully saturated rings. The predicted octanol–water partition coefficient (Wildman–Crippen LogP) is 3.13. The van der Waals surface area contributed by atoms with Crippen molar-refractivity contribution in [2.24, 2.45) is 0 Å². The van der Waals surface area contributed by atoms with Crippen LogP contribution in [0.2, 0.25) is 0 Å². The van der Waals surface area contributed by atoms with E-state index in [2.05, 4.69) is 20.6 Å². The van der Waals surface area contributed by atoms with Crippen molar-refractivity contribution in [3.05, 3.63) is 66.4 Å². The van der Waals surface area contributed by atoms with Gasteiger partial charge in [-0.3, -0.25) is 4.79 Å². The molecule has 7 nitrogen and oxygen atoms in total. The molecule has 3 aromatic heterocycles. The van der Waals surface area contributed by atoms with Crippen LogP contribution in [0.4, 0.5) is 0 Å². The van der Waals surface area contributed by atoms with Crippen LogP contribution in [-0.2, 0) is 11.3 Å². The number of para-hydroxylation sites is 1. The molecule has 8 heteroatoms. The number of carbonyl (C=O) groups is 1. The van der Waals surface area contributed by atoms with Crippen molar-refractivity contribution in [1.29, 1.82) is 0 Å². The molecule has 1 N–H and O–H groups in total. The van der Waals surface area contributed by atoms with Crippen LogP contribution in [0.1, 0.15) is 11.5 Å². The van der Waals surface area contributed by atoms with E-state index >= 15 is 0 Å². The van der Waals surface area contributed by atoms with E-state index in [1.807, 2.05) is 48.0 Å². The Hall–Kier alpha value is -3.13. The number of hydrogen-bond donors (Lipinski definition) is 1. The van der Waals surface area contributed by atoms with E-state index < -0.39 is 0 Å². The lowest BCUT2D eigenvalue weighted by atomic mass is 10.3. The van der Waals surface area contributed by atoms with E-state index in [1.54, 1.807) is 18.5 Å². The molecule has 0 saturated carbocycles.